The van der Waals surface area contributed by atoms with E-state index in [2.05, 4.69) is 10.4 Å². The van der Waals surface area contributed by atoms with Crippen molar-refractivity contribution in [1.82, 2.24) is 15.1 Å². The maximum Gasteiger partial charge on any atom is 0.308 e. The van der Waals surface area contributed by atoms with Gasteiger partial charge < -0.3 is 10.4 Å². The Hall–Kier alpha value is -1.85. The minimum Gasteiger partial charge on any atom is -0.481 e. The maximum atomic E-state index is 12.1. The zero-order chi connectivity index (χ0) is 14.0. The monoisotopic (exact) mass is 265 g/mol. The number of amides is 1. The number of aliphatic carboxylic acids is 1. The lowest BCUT2D eigenvalue weighted by Crippen LogP contribution is -2.45. The molecule has 6 nitrogen and oxygen atoms in total. The fourth-order valence-electron chi connectivity index (χ4n) is 2.51. The smallest absolute Gasteiger partial charge is 0.308 e. The molecule has 1 fully saturated rings. The molecular weight excluding hydrogens is 246 g/mol. The Bertz CT molecular complexity index is 476. The highest BCUT2D eigenvalue weighted by atomic mass is 16.4. The first-order chi connectivity index (χ1) is 8.99. The lowest BCUT2D eigenvalue weighted by molar-refractivity contribution is -0.143. The summed E-state index contributed by atoms with van der Waals surface area (Å²) >= 11 is 0. The number of carboxylic acids is 1. The highest BCUT2D eigenvalue weighted by molar-refractivity contribution is 5.93. The van der Waals surface area contributed by atoms with Crippen LogP contribution in [0.25, 0.3) is 0 Å². The van der Waals surface area contributed by atoms with E-state index in [0.717, 1.165) is 18.5 Å². The lowest BCUT2D eigenvalue weighted by atomic mass is 9.84. The third-order valence-electron chi connectivity index (χ3n) is 3.75. The van der Waals surface area contributed by atoms with E-state index in [4.69, 9.17) is 5.11 Å². The molecule has 104 valence electrons. The molecule has 0 saturated heterocycles. The number of aromatic nitrogens is 2. The topological polar surface area (TPSA) is 84.2 Å². The second kappa shape index (κ2) is 5.42. The number of nitrogens with zero attached hydrogens (tertiary/aromatic N) is 2. The number of carbonyl (C=O) groups is 2. The van der Waals surface area contributed by atoms with Gasteiger partial charge in [0.15, 0.2) is 0 Å². The van der Waals surface area contributed by atoms with E-state index in [1.807, 2.05) is 6.92 Å². The predicted octanol–water partition coefficient (Wildman–Crippen LogP) is 1.10. The van der Waals surface area contributed by atoms with Crippen molar-refractivity contribution >= 4 is 11.9 Å². The molecule has 19 heavy (non-hydrogen) atoms. The molecule has 0 aliphatic heterocycles. The Labute approximate surface area is 111 Å². The van der Waals surface area contributed by atoms with Crippen molar-refractivity contribution in [3.63, 3.8) is 0 Å². The normalized spacial score (nSPS) is 23.1. The first-order valence-electron chi connectivity index (χ1n) is 6.53. The molecule has 2 atom stereocenters. The van der Waals surface area contributed by atoms with Gasteiger partial charge in [0, 0.05) is 18.8 Å². The van der Waals surface area contributed by atoms with Crippen molar-refractivity contribution in [2.24, 2.45) is 13.0 Å². The molecule has 2 N–H and O–H groups in total. The third-order valence-corrected chi connectivity index (χ3v) is 3.75. The van der Waals surface area contributed by atoms with E-state index in [0.29, 0.717) is 18.5 Å². The molecule has 1 aliphatic rings. The zero-order valence-corrected chi connectivity index (χ0v) is 11.2. The number of carbonyl (C=O) groups excluding carboxylic acids is 1. The van der Waals surface area contributed by atoms with Crippen LogP contribution in [0.5, 0.6) is 0 Å². The van der Waals surface area contributed by atoms with E-state index in [9.17, 15) is 9.59 Å². The molecule has 0 bridgehead atoms. The molecule has 0 spiro atoms. The molecule has 0 aromatic carbocycles. The van der Waals surface area contributed by atoms with E-state index in [1.165, 1.54) is 0 Å². The van der Waals surface area contributed by atoms with Crippen LogP contribution in [-0.2, 0) is 11.8 Å². The van der Waals surface area contributed by atoms with Gasteiger partial charge in [-0.15, -0.1) is 0 Å². The van der Waals surface area contributed by atoms with Gasteiger partial charge in [-0.3, -0.25) is 14.3 Å². The summed E-state index contributed by atoms with van der Waals surface area (Å²) in [4.78, 5) is 23.2. The van der Waals surface area contributed by atoms with Crippen molar-refractivity contribution in [2.75, 3.05) is 0 Å². The van der Waals surface area contributed by atoms with Crippen molar-refractivity contribution in [3.8, 4) is 0 Å². The van der Waals surface area contributed by atoms with Crippen molar-refractivity contribution in [3.05, 3.63) is 17.5 Å². The first kappa shape index (κ1) is 13.6. The minimum absolute atomic E-state index is 0.290. The van der Waals surface area contributed by atoms with Crippen LogP contribution in [0.3, 0.4) is 0 Å². The zero-order valence-electron chi connectivity index (χ0n) is 11.2. The van der Waals surface area contributed by atoms with Crippen molar-refractivity contribution < 1.29 is 14.7 Å². The minimum atomic E-state index is -0.831. The van der Waals surface area contributed by atoms with Gasteiger partial charge in [0.05, 0.1) is 5.92 Å². The van der Waals surface area contributed by atoms with Crippen LogP contribution in [0, 0.1) is 12.8 Å². The van der Waals surface area contributed by atoms with Gasteiger partial charge in [-0.05, 0) is 25.8 Å². The molecule has 1 aromatic rings. The summed E-state index contributed by atoms with van der Waals surface area (Å²) in [6.07, 6.45) is 3.21. The standard InChI is InChI=1S/C13H19N3O3/c1-8-7-11(15-16(8)2)12(17)14-10-6-4-3-5-9(10)13(18)19/h7,9-10H,3-6H2,1-2H3,(H,14,17)(H,18,19). The van der Waals surface area contributed by atoms with E-state index in [-0.39, 0.29) is 11.9 Å². The number of nitrogens with one attached hydrogen (secondary N) is 1. The average Bonchev–Trinajstić information content (AvgIpc) is 2.70. The van der Waals surface area contributed by atoms with Gasteiger partial charge in [-0.2, -0.15) is 5.10 Å². The first-order valence-corrected chi connectivity index (χ1v) is 6.53. The van der Waals surface area contributed by atoms with Crippen molar-refractivity contribution in [1.29, 1.82) is 0 Å². The van der Waals surface area contributed by atoms with Crippen LogP contribution in [0.4, 0.5) is 0 Å². The Morgan fingerprint density at radius 1 is 1.42 bits per heavy atom. The Morgan fingerprint density at radius 3 is 2.68 bits per heavy atom. The Kier molecular flexibility index (Phi) is 3.87. The molecule has 1 amide bonds. The van der Waals surface area contributed by atoms with Crippen LogP contribution in [-0.4, -0.2) is 32.8 Å². The summed E-state index contributed by atoms with van der Waals surface area (Å²) < 4.78 is 1.63. The molecule has 1 saturated carbocycles. The number of hydrogen-bond donors (Lipinski definition) is 2. The van der Waals surface area contributed by atoms with Crippen LogP contribution in [0.2, 0.25) is 0 Å². The predicted molar refractivity (Wildman–Crippen MR) is 68.8 cm³/mol. The Balaban J connectivity index is 2.06. The van der Waals surface area contributed by atoms with Gasteiger partial charge in [0.2, 0.25) is 0 Å². The third kappa shape index (κ3) is 2.94. The fourth-order valence-corrected chi connectivity index (χ4v) is 2.51. The van der Waals surface area contributed by atoms with Gasteiger partial charge >= 0.3 is 5.97 Å². The van der Waals surface area contributed by atoms with Gasteiger partial charge in [0.25, 0.3) is 5.91 Å². The summed E-state index contributed by atoms with van der Waals surface area (Å²) in [5.41, 5.74) is 1.23. The fraction of sp³-hybridized carbons (Fsp3) is 0.615. The van der Waals surface area contributed by atoms with E-state index in [1.54, 1.807) is 17.8 Å². The van der Waals surface area contributed by atoms with Crippen LogP contribution >= 0.6 is 0 Å². The number of rotatable bonds is 3. The molecule has 0 radical (unpaired) electrons. The molecule has 6 heteroatoms. The number of carboxylic acid groups (broad SMARTS) is 1. The molecule has 2 rings (SSSR count). The summed E-state index contributed by atoms with van der Waals surface area (Å²) in [6.45, 7) is 1.87. The SMILES string of the molecule is Cc1cc(C(=O)NC2CCCCC2C(=O)O)nn1C. The van der Waals surface area contributed by atoms with Crippen LogP contribution < -0.4 is 5.32 Å². The maximum absolute atomic E-state index is 12.1. The van der Waals surface area contributed by atoms with E-state index >= 15 is 0 Å². The Morgan fingerprint density at radius 2 is 2.11 bits per heavy atom. The summed E-state index contributed by atoms with van der Waals surface area (Å²) in [7, 11) is 1.77. The average molecular weight is 265 g/mol. The highest BCUT2D eigenvalue weighted by Gasteiger charge is 2.32. The molecule has 1 heterocycles. The summed E-state index contributed by atoms with van der Waals surface area (Å²) in [5, 5.41) is 16.1. The van der Waals surface area contributed by atoms with Crippen LogP contribution in [0.15, 0.2) is 6.07 Å². The second-order valence-electron chi connectivity index (χ2n) is 5.10. The molecule has 1 aromatic heterocycles. The van der Waals surface area contributed by atoms with Gasteiger partial charge in [0.1, 0.15) is 5.69 Å². The number of hydrogen-bond acceptors (Lipinski definition) is 3. The summed E-state index contributed by atoms with van der Waals surface area (Å²) in [5.74, 6) is -1.61. The molecular formula is C13H19N3O3. The van der Waals surface area contributed by atoms with Crippen LogP contribution in [0.1, 0.15) is 41.9 Å². The van der Waals surface area contributed by atoms with Gasteiger partial charge in [-0.25, -0.2) is 0 Å². The lowest BCUT2D eigenvalue weighted by Gasteiger charge is -2.28. The highest BCUT2D eigenvalue weighted by Crippen LogP contribution is 2.24. The van der Waals surface area contributed by atoms with Crippen molar-refractivity contribution in [2.45, 2.75) is 38.6 Å². The number of aryl methyl sites for hydroxylation is 2. The largest absolute Gasteiger partial charge is 0.481 e. The molecule has 2 unspecified atom stereocenters. The second-order valence-corrected chi connectivity index (χ2v) is 5.10. The van der Waals surface area contributed by atoms with Gasteiger partial charge in [-0.1, -0.05) is 12.8 Å². The molecule has 1 aliphatic carbocycles. The summed E-state index contributed by atoms with van der Waals surface area (Å²) in [6, 6.07) is 1.41. The quantitative estimate of drug-likeness (QED) is 0.857. The van der Waals surface area contributed by atoms with E-state index < -0.39 is 11.9 Å².